The second-order valence-electron chi connectivity index (χ2n) is 6.01. The lowest BCUT2D eigenvalue weighted by Crippen LogP contribution is -2.16. The van der Waals surface area contributed by atoms with Gasteiger partial charge in [-0.15, -0.1) is 0 Å². The van der Waals surface area contributed by atoms with Gasteiger partial charge in [0.1, 0.15) is 5.75 Å². The zero-order valence-electron chi connectivity index (χ0n) is 15.5. The van der Waals surface area contributed by atoms with Crippen LogP contribution in [0.4, 0.5) is 11.4 Å². The molecule has 7 nitrogen and oxygen atoms in total. The first-order chi connectivity index (χ1) is 14.1. The van der Waals surface area contributed by atoms with E-state index in [0.717, 1.165) is 6.07 Å². The van der Waals surface area contributed by atoms with Crippen LogP contribution in [0.3, 0.4) is 0 Å². The molecule has 30 heavy (non-hydrogen) atoms. The molecule has 0 heterocycles. The zero-order valence-corrected chi connectivity index (χ0v) is 18.6. The van der Waals surface area contributed by atoms with E-state index in [9.17, 15) is 16.8 Å². The minimum Gasteiger partial charge on any atom is -0.495 e. The molecule has 11 heteroatoms. The quantitative estimate of drug-likeness (QED) is 0.507. The molecule has 2 N–H and O–H groups in total. The van der Waals surface area contributed by atoms with Crippen LogP contribution >= 0.6 is 23.2 Å². The summed E-state index contributed by atoms with van der Waals surface area (Å²) in [5, 5.41) is 0.460. The van der Waals surface area contributed by atoms with Crippen molar-refractivity contribution in [3.63, 3.8) is 0 Å². The number of halogens is 2. The van der Waals surface area contributed by atoms with Crippen molar-refractivity contribution in [2.45, 2.75) is 9.79 Å². The molecule has 3 aromatic carbocycles. The first-order valence-electron chi connectivity index (χ1n) is 8.36. The molecule has 3 rings (SSSR count). The lowest BCUT2D eigenvalue weighted by molar-refractivity contribution is 0.416. The van der Waals surface area contributed by atoms with Gasteiger partial charge < -0.3 is 4.74 Å². The predicted octanol–water partition coefficient (Wildman–Crippen LogP) is 4.60. The smallest absolute Gasteiger partial charge is 0.262 e. The number of nitrogens with one attached hydrogen (secondary N) is 2. The van der Waals surface area contributed by atoms with Crippen molar-refractivity contribution in [2.24, 2.45) is 0 Å². The van der Waals surface area contributed by atoms with Crippen LogP contribution in [0, 0.1) is 0 Å². The number of anilines is 2. The Balaban J connectivity index is 1.98. The zero-order chi connectivity index (χ0) is 21.9. The van der Waals surface area contributed by atoms with Crippen LogP contribution in [0.25, 0.3) is 0 Å². The van der Waals surface area contributed by atoms with E-state index in [1.165, 1.54) is 55.6 Å². The topological polar surface area (TPSA) is 102 Å². The fourth-order valence-electron chi connectivity index (χ4n) is 2.52. The second-order valence-corrected chi connectivity index (χ2v) is 10.2. The summed E-state index contributed by atoms with van der Waals surface area (Å²) in [5.41, 5.74) is 0.135. The molecule has 0 amide bonds. The van der Waals surface area contributed by atoms with Crippen LogP contribution in [0.5, 0.6) is 5.75 Å². The number of hydrogen-bond donors (Lipinski definition) is 2. The van der Waals surface area contributed by atoms with Crippen LogP contribution in [-0.4, -0.2) is 23.9 Å². The van der Waals surface area contributed by atoms with E-state index in [1.807, 2.05) is 0 Å². The molecule has 158 valence electrons. The van der Waals surface area contributed by atoms with Crippen molar-refractivity contribution in [3.05, 3.63) is 76.8 Å². The molecule has 0 aliphatic rings. The molecule has 0 saturated carbocycles. The molecule has 0 bridgehead atoms. The summed E-state index contributed by atoms with van der Waals surface area (Å²) in [6.45, 7) is 0. The van der Waals surface area contributed by atoms with Gasteiger partial charge in [-0.25, -0.2) is 16.8 Å². The largest absolute Gasteiger partial charge is 0.495 e. The normalized spacial score (nSPS) is 11.7. The number of sulfonamides is 2. The van der Waals surface area contributed by atoms with Crippen LogP contribution in [0.2, 0.25) is 10.0 Å². The molecule has 0 spiro atoms. The molecule has 0 radical (unpaired) electrons. The minimum absolute atomic E-state index is 0.0560. The van der Waals surface area contributed by atoms with E-state index < -0.39 is 20.0 Å². The molecule has 0 aliphatic carbocycles. The monoisotopic (exact) mass is 486 g/mol. The third-order valence-corrected chi connectivity index (χ3v) is 7.24. The van der Waals surface area contributed by atoms with E-state index >= 15 is 0 Å². The van der Waals surface area contributed by atoms with Crippen molar-refractivity contribution in [2.75, 3.05) is 16.6 Å². The second kappa shape index (κ2) is 8.73. The third kappa shape index (κ3) is 4.99. The summed E-state index contributed by atoms with van der Waals surface area (Å²) in [6, 6.07) is 15.8. The van der Waals surface area contributed by atoms with E-state index in [0.29, 0.717) is 0 Å². The molecule has 0 unspecified atom stereocenters. The highest BCUT2D eigenvalue weighted by atomic mass is 35.5. The van der Waals surface area contributed by atoms with Gasteiger partial charge in [0, 0.05) is 5.02 Å². The summed E-state index contributed by atoms with van der Waals surface area (Å²) < 4.78 is 60.9. The summed E-state index contributed by atoms with van der Waals surface area (Å²) in [6.07, 6.45) is 0. The molecule has 0 fully saturated rings. The number of para-hydroxylation sites is 1. The average Bonchev–Trinajstić information content (AvgIpc) is 2.69. The van der Waals surface area contributed by atoms with E-state index in [1.54, 1.807) is 12.1 Å². The van der Waals surface area contributed by atoms with E-state index in [-0.39, 0.29) is 37.0 Å². The summed E-state index contributed by atoms with van der Waals surface area (Å²) in [4.78, 5) is -0.272. The summed E-state index contributed by atoms with van der Waals surface area (Å²) in [5.74, 6) is 0.136. The van der Waals surface area contributed by atoms with Crippen LogP contribution < -0.4 is 14.2 Å². The fourth-order valence-corrected chi connectivity index (χ4v) is 5.23. The first-order valence-corrected chi connectivity index (χ1v) is 12.1. The van der Waals surface area contributed by atoms with Crippen LogP contribution in [-0.2, 0) is 20.0 Å². The Bertz CT molecular complexity index is 1300. The number of benzene rings is 3. The van der Waals surface area contributed by atoms with Crippen molar-refractivity contribution >= 4 is 54.6 Å². The summed E-state index contributed by atoms with van der Waals surface area (Å²) >= 11 is 11.9. The maximum absolute atomic E-state index is 12.8. The Kier molecular flexibility index (Phi) is 6.47. The standard InChI is InChI=1S/C19H16Cl2N2O5S2/c1-28-19-10-9-15(30(26,27)22-17-8-3-2-7-16(17)21)12-18(19)23-29(24,25)14-6-4-5-13(20)11-14/h2-12,22-23H,1H3. The Morgan fingerprint density at radius 3 is 2.00 bits per heavy atom. The number of rotatable bonds is 7. The maximum atomic E-state index is 12.8. The van der Waals surface area contributed by atoms with Gasteiger partial charge in [-0.2, -0.15) is 0 Å². The van der Waals surface area contributed by atoms with Crippen LogP contribution in [0.1, 0.15) is 0 Å². The van der Waals surface area contributed by atoms with Crippen molar-refractivity contribution in [1.82, 2.24) is 0 Å². The van der Waals surface area contributed by atoms with Crippen LogP contribution in [0.15, 0.2) is 76.5 Å². The third-order valence-electron chi connectivity index (χ3n) is 3.95. The molecule has 3 aromatic rings. The number of methoxy groups -OCH3 is 1. The van der Waals surface area contributed by atoms with Gasteiger partial charge in [0.15, 0.2) is 0 Å². The summed E-state index contributed by atoms with van der Waals surface area (Å²) in [7, 11) is -6.77. The van der Waals surface area contributed by atoms with Gasteiger partial charge in [-0.1, -0.05) is 41.4 Å². The first kappa shape index (κ1) is 22.2. The van der Waals surface area contributed by atoms with Gasteiger partial charge in [0.05, 0.1) is 33.3 Å². The van der Waals surface area contributed by atoms with E-state index in [2.05, 4.69) is 9.44 Å². The van der Waals surface area contributed by atoms with Crippen molar-refractivity contribution in [1.29, 1.82) is 0 Å². The van der Waals surface area contributed by atoms with E-state index in [4.69, 9.17) is 27.9 Å². The minimum atomic E-state index is -4.06. The lowest BCUT2D eigenvalue weighted by Gasteiger charge is -2.15. The Labute approximate surface area is 184 Å². The van der Waals surface area contributed by atoms with Gasteiger partial charge in [-0.3, -0.25) is 9.44 Å². The van der Waals surface area contributed by atoms with Gasteiger partial charge in [0.25, 0.3) is 20.0 Å². The average molecular weight is 487 g/mol. The van der Waals surface area contributed by atoms with Crippen molar-refractivity contribution in [3.8, 4) is 5.75 Å². The van der Waals surface area contributed by atoms with Gasteiger partial charge in [0.2, 0.25) is 0 Å². The number of ether oxygens (including phenoxy) is 1. The maximum Gasteiger partial charge on any atom is 0.262 e. The Morgan fingerprint density at radius 2 is 1.37 bits per heavy atom. The SMILES string of the molecule is COc1ccc(S(=O)(=O)Nc2ccccc2Cl)cc1NS(=O)(=O)c1cccc(Cl)c1. The van der Waals surface area contributed by atoms with Gasteiger partial charge in [-0.05, 0) is 48.5 Å². The Hall–Kier alpha value is -2.46. The predicted molar refractivity (Wildman–Crippen MR) is 118 cm³/mol. The molecule has 0 atom stereocenters. The highest BCUT2D eigenvalue weighted by Gasteiger charge is 2.21. The molecule has 0 aliphatic heterocycles. The molecule has 0 aromatic heterocycles. The van der Waals surface area contributed by atoms with Gasteiger partial charge >= 0.3 is 0 Å². The molecular formula is C19H16Cl2N2O5S2. The highest BCUT2D eigenvalue weighted by Crippen LogP contribution is 2.31. The lowest BCUT2D eigenvalue weighted by atomic mass is 10.3. The number of hydrogen-bond acceptors (Lipinski definition) is 5. The molecule has 0 saturated heterocycles. The fraction of sp³-hybridized carbons (Fsp3) is 0.0526. The van der Waals surface area contributed by atoms with Crippen molar-refractivity contribution < 1.29 is 21.6 Å². The Morgan fingerprint density at radius 1 is 0.733 bits per heavy atom. The highest BCUT2D eigenvalue weighted by molar-refractivity contribution is 7.93. The molecular weight excluding hydrogens is 471 g/mol.